The van der Waals surface area contributed by atoms with Crippen LogP contribution in [0.3, 0.4) is 0 Å². The fourth-order valence-corrected chi connectivity index (χ4v) is 2.83. The van der Waals surface area contributed by atoms with E-state index in [2.05, 4.69) is 0 Å². The van der Waals surface area contributed by atoms with Crippen molar-refractivity contribution in [1.29, 1.82) is 0 Å². The predicted molar refractivity (Wildman–Crippen MR) is 73.7 cm³/mol. The first-order valence-electron chi connectivity index (χ1n) is 6.47. The fourth-order valence-electron chi connectivity index (χ4n) is 1.95. The van der Waals surface area contributed by atoms with Crippen LogP contribution in [0.5, 0.6) is 0 Å². The molecular formula is C13H23NO3S. The SMILES string of the molecule is CC(C)C(C)(CC(=O)N1CCCSCC1)C(=O)O. The number of carbonyl (C=O) groups is 2. The zero-order chi connectivity index (χ0) is 13.8. The highest BCUT2D eigenvalue weighted by Crippen LogP contribution is 2.32. The summed E-state index contributed by atoms with van der Waals surface area (Å²) >= 11 is 1.86. The predicted octanol–water partition coefficient (Wildman–Crippen LogP) is 2.09. The second kappa shape index (κ2) is 6.45. The maximum atomic E-state index is 12.2. The molecule has 104 valence electrons. The lowest BCUT2D eigenvalue weighted by molar-refractivity contribution is -0.155. The van der Waals surface area contributed by atoms with Gasteiger partial charge in [0, 0.05) is 25.3 Å². The smallest absolute Gasteiger partial charge is 0.310 e. The minimum atomic E-state index is -0.962. The lowest BCUT2D eigenvalue weighted by Crippen LogP contribution is -2.41. The Morgan fingerprint density at radius 2 is 2.00 bits per heavy atom. The molecule has 1 aliphatic heterocycles. The second-order valence-electron chi connectivity index (χ2n) is 5.40. The van der Waals surface area contributed by atoms with Gasteiger partial charge in [-0.15, -0.1) is 0 Å². The maximum absolute atomic E-state index is 12.2. The van der Waals surface area contributed by atoms with Gasteiger partial charge in [-0.1, -0.05) is 13.8 Å². The van der Waals surface area contributed by atoms with E-state index in [1.165, 1.54) is 0 Å². The van der Waals surface area contributed by atoms with Gasteiger partial charge in [-0.25, -0.2) is 0 Å². The number of carbonyl (C=O) groups excluding carboxylic acids is 1. The number of nitrogens with zero attached hydrogens (tertiary/aromatic N) is 1. The molecule has 18 heavy (non-hydrogen) atoms. The molecule has 0 aromatic heterocycles. The number of hydrogen-bond acceptors (Lipinski definition) is 3. The monoisotopic (exact) mass is 273 g/mol. The van der Waals surface area contributed by atoms with Gasteiger partial charge in [0.15, 0.2) is 0 Å². The first-order chi connectivity index (χ1) is 8.38. The van der Waals surface area contributed by atoms with Gasteiger partial charge in [-0.3, -0.25) is 9.59 Å². The topological polar surface area (TPSA) is 57.6 Å². The van der Waals surface area contributed by atoms with Crippen molar-refractivity contribution < 1.29 is 14.7 Å². The molecule has 1 unspecified atom stereocenters. The van der Waals surface area contributed by atoms with Crippen molar-refractivity contribution in [2.45, 2.75) is 33.6 Å². The summed E-state index contributed by atoms with van der Waals surface area (Å²) in [6.45, 7) is 6.90. The molecule has 0 radical (unpaired) electrons. The highest BCUT2D eigenvalue weighted by Gasteiger charge is 2.39. The number of carboxylic acid groups (broad SMARTS) is 1. The lowest BCUT2D eigenvalue weighted by Gasteiger charge is -2.31. The Bertz CT molecular complexity index is 311. The highest BCUT2D eigenvalue weighted by molar-refractivity contribution is 7.99. The molecule has 1 N–H and O–H groups in total. The molecule has 1 heterocycles. The summed E-state index contributed by atoms with van der Waals surface area (Å²) in [5, 5.41) is 9.33. The molecule has 0 saturated carbocycles. The molecule has 1 atom stereocenters. The Morgan fingerprint density at radius 1 is 1.33 bits per heavy atom. The number of rotatable bonds is 4. The normalized spacial score (nSPS) is 20.3. The average molecular weight is 273 g/mol. The van der Waals surface area contributed by atoms with E-state index in [-0.39, 0.29) is 18.2 Å². The van der Waals surface area contributed by atoms with E-state index in [0.29, 0.717) is 0 Å². The van der Waals surface area contributed by atoms with Crippen molar-refractivity contribution >= 4 is 23.6 Å². The van der Waals surface area contributed by atoms with Gasteiger partial charge < -0.3 is 10.0 Å². The lowest BCUT2D eigenvalue weighted by atomic mass is 9.76. The van der Waals surface area contributed by atoms with Crippen LogP contribution in [0.1, 0.15) is 33.6 Å². The van der Waals surface area contributed by atoms with Crippen molar-refractivity contribution in [1.82, 2.24) is 4.90 Å². The van der Waals surface area contributed by atoms with Gasteiger partial charge in [0.05, 0.1) is 5.41 Å². The summed E-state index contributed by atoms with van der Waals surface area (Å²) in [5.41, 5.74) is -0.962. The van der Waals surface area contributed by atoms with Gasteiger partial charge >= 0.3 is 5.97 Å². The maximum Gasteiger partial charge on any atom is 0.310 e. The first kappa shape index (κ1) is 15.3. The standard InChI is InChI=1S/C13H23NO3S/c1-10(2)13(3,12(16)17)9-11(15)14-5-4-7-18-8-6-14/h10H,4-9H2,1-3H3,(H,16,17). The van der Waals surface area contributed by atoms with Crippen LogP contribution in [0.2, 0.25) is 0 Å². The van der Waals surface area contributed by atoms with Crippen LogP contribution in [0.15, 0.2) is 0 Å². The van der Waals surface area contributed by atoms with E-state index in [0.717, 1.165) is 31.0 Å². The van der Waals surface area contributed by atoms with Crippen LogP contribution in [-0.2, 0) is 9.59 Å². The molecule has 5 heteroatoms. The van der Waals surface area contributed by atoms with Gasteiger partial charge in [0.2, 0.25) is 5.91 Å². The van der Waals surface area contributed by atoms with E-state index >= 15 is 0 Å². The van der Waals surface area contributed by atoms with E-state index in [1.54, 1.807) is 6.92 Å². The molecule has 1 rings (SSSR count). The average Bonchev–Trinajstić information content (AvgIpc) is 2.56. The van der Waals surface area contributed by atoms with Gasteiger partial charge in [0.1, 0.15) is 0 Å². The van der Waals surface area contributed by atoms with E-state index < -0.39 is 11.4 Å². The Morgan fingerprint density at radius 3 is 2.56 bits per heavy atom. The number of thioether (sulfide) groups is 1. The Kier molecular flexibility index (Phi) is 5.50. The third-order valence-electron chi connectivity index (χ3n) is 3.86. The molecule has 0 bridgehead atoms. The molecule has 0 aliphatic carbocycles. The first-order valence-corrected chi connectivity index (χ1v) is 7.62. The fraction of sp³-hybridized carbons (Fsp3) is 0.846. The van der Waals surface area contributed by atoms with Crippen LogP contribution < -0.4 is 0 Å². The van der Waals surface area contributed by atoms with E-state index in [4.69, 9.17) is 0 Å². The summed E-state index contributed by atoms with van der Waals surface area (Å²) < 4.78 is 0. The highest BCUT2D eigenvalue weighted by atomic mass is 32.2. The molecule has 1 aliphatic rings. The summed E-state index contributed by atoms with van der Waals surface area (Å²) in [6.07, 6.45) is 1.10. The van der Waals surface area contributed by atoms with Gasteiger partial charge in [-0.05, 0) is 25.0 Å². The van der Waals surface area contributed by atoms with Gasteiger partial charge in [-0.2, -0.15) is 11.8 Å². The summed E-state index contributed by atoms with van der Waals surface area (Å²) in [7, 11) is 0. The molecule has 1 fully saturated rings. The summed E-state index contributed by atoms with van der Waals surface area (Å²) in [5.74, 6) is 1.09. The molecule has 0 aromatic rings. The second-order valence-corrected chi connectivity index (χ2v) is 6.63. The van der Waals surface area contributed by atoms with Crippen LogP contribution in [0.4, 0.5) is 0 Å². The van der Waals surface area contributed by atoms with Gasteiger partial charge in [0.25, 0.3) is 0 Å². The molecular weight excluding hydrogens is 250 g/mol. The third-order valence-corrected chi connectivity index (χ3v) is 4.90. The molecule has 0 aromatic carbocycles. The third kappa shape index (κ3) is 3.64. The Hall–Kier alpha value is -0.710. The Labute approximate surface area is 113 Å². The molecule has 1 amide bonds. The zero-order valence-electron chi connectivity index (χ0n) is 11.4. The molecule has 4 nitrogen and oxygen atoms in total. The van der Waals surface area contributed by atoms with Crippen LogP contribution in [-0.4, -0.2) is 46.5 Å². The largest absolute Gasteiger partial charge is 0.481 e. The van der Waals surface area contributed by atoms with Crippen molar-refractivity contribution in [3.8, 4) is 0 Å². The number of carboxylic acids is 1. The van der Waals surface area contributed by atoms with Crippen molar-refractivity contribution in [2.75, 3.05) is 24.6 Å². The van der Waals surface area contributed by atoms with Crippen molar-refractivity contribution in [3.63, 3.8) is 0 Å². The Balaban J connectivity index is 2.69. The van der Waals surface area contributed by atoms with Crippen LogP contribution in [0, 0.1) is 11.3 Å². The molecule has 0 spiro atoms. The van der Waals surface area contributed by atoms with E-state index in [1.807, 2.05) is 30.5 Å². The van der Waals surface area contributed by atoms with Crippen molar-refractivity contribution in [3.05, 3.63) is 0 Å². The summed E-state index contributed by atoms with van der Waals surface area (Å²) in [6, 6.07) is 0. The summed E-state index contributed by atoms with van der Waals surface area (Å²) in [4.78, 5) is 25.4. The minimum absolute atomic E-state index is 0.0175. The minimum Gasteiger partial charge on any atom is -0.481 e. The van der Waals surface area contributed by atoms with Crippen LogP contribution >= 0.6 is 11.8 Å². The van der Waals surface area contributed by atoms with Crippen LogP contribution in [0.25, 0.3) is 0 Å². The van der Waals surface area contributed by atoms with E-state index in [9.17, 15) is 14.7 Å². The quantitative estimate of drug-likeness (QED) is 0.852. The van der Waals surface area contributed by atoms with Crippen molar-refractivity contribution in [2.24, 2.45) is 11.3 Å². The zero-order valence-corrected chi connectivity index (χ0v) is 12.3. The molecule has 1 saturated heterocycles. The number of aliphatic carboxylic acids is 1. The number of hydrogen-bond donors (Lipinski definition) is 1. The number of amides is 1.